The molecule has 1 aromatic rings. The number of hydroxylamine groups is 3. The van der Waals surface area contributed by atoms with E-state index in [0.29, 0.717) is 17.9 Å². The third kappa shape index (κ3) is 4.29. The van der Waals surface area contributed by atoms with E-state index >= 15 is 0 Å². The van der Waals surface area contributed by atoms with E-state index < -0.39 is 34.4 Å². The molecule has 0 radical (unpaired) electrons. The summed E-state index contributed by atoms with van der Waals surface area (Å²) in [4.78, 5) is 31.4. The van der Waals surface area contributed by atoms with Crippen molar-refractivity contribution in [2.45, 2.75) is 43.8 Å². The zero-order valence-corrected chi connectivity index (χ0v) is 16.3. The number of carbonyl (C=O) groups excluding carboxylic acids is 2. The lowest BCUT2D eigenvalue weighted by Gasteiger charge is -2.30. The summed E-state index contributed by atoms with van der Waals surface area (Å²) in [7, 11) is -4.82. The van der Waals surface area contributed by atoms with Crippen LogP contribution in [0.1, 0.15) is 24.8 Å². The van der Waals surface area contributed by atoms with Crippen LogP contribution < -0.4 is 10.8 Å². The minimum absolute atomic E-state index is 0.0491. The molecule has 0 saturated carbocycles. The SMILES string of the molecule is O=C(NOC[C@H]1CCc2ccccc2N1)[C@@H]1CC[C@@H]2CN1C(=O)N2OS(=O)(=O)O. The van der Waals surface area contributed by atoms with Crippen molar-refractivity contribution in [2.75, 3.05) is 18.5 Å². The highest BCUT2D eigenvalue weighted by Crippen LogP contribution is 2.30. The van der Waals surface area contributed by atoms with Crippen LogP contribution in [0.15, 0.2) is 24.3 Å². The van der Waals surface area contributed by atoms with Gasteiger partial charge in [0.25, 0.3) is 5.91 Å². The van der Waals surface area contributed by atoms with Crippen LogP contribution in [0.2, 0.25) is 0 Å². The molecular weight excluding hydrogens is 404 g/mol. The summed E-state index contributed by atoms with van der Waals surface area (Å²) in [5.41, 5.74) is 4.69. The fourth-order valence-corrected chi connectivity index (χ4v) is 4.40. The van der Waals surface area contributed by atoms with Crippen molar-refractivity contribution in [2.24, 2.45) is 0 Å². The molecule has 0 aliphatic carbocycles. The molecule has 3 atom stereocenters. The quantitative estimate of drug-likeness (QED) is 0.441. The van der Waals surface area contributed by atoms with Crippen molar-refractivity contribution in [1.29, 1.82) is 0 Å². The predicted octanol–water partition coefficient (Wildman–Crippen LogP) is 0.464. The molecule has 29 heavy (non-hydrogen) atoms. The monoisotopic (exact) mass is 426 g/mol. The second-order valence-electron chi connectivity index (χ2n) is 7.32. The maximum absolute atomic E-state index is 12.5. The summed E-state index contributed by atoms with van der Waals surface area (Å²) >= 11 is 0. The first-order chi connectivity index (χ1) is 13.8. The van der Waals surface area contributed by atoms with Gasteiger partial charge in [0.15, 0.2) is 0 Å². The Labute approximate surface area is 167 Å². The Morgan fingerprint density at radius 1 is 1.28 bits per heavy atom. The molecule has 0 spiro atoms. The average Bonchev–Trinajstić information content (AvgIpc) is 2.91. The largest absolute Gasteiger partial charge is 0.418 e. The number of para-hydroxylation sites is 1. The molecule has 158 valence electrons. The van der Waals surface area contributed by atoms with Crippen LogP contribution in [0.5, 0.6) is 0 Å². The lowest BCUT2D eigenvalue weighted by atomic mass is 9.99. The fraction of sp³-hybridized carbons (Fsp3) is 0.529. The van der Waals surface area contributed by atoms with Crippen molar-refractivity contribution in [3.63, 3.8) is 0 Å². The third-order valence-electron chi connectivity index (χ3n) is 5.40. The molecular formula is C17H22N4O7S. The Bertz CT molecular complexity index is 909. The smallest absolute Gasteiger partial charge is 0.380 e. The van der Waals surface area contributed by atoms with Crippen LogP contribution in [0, 0.1) is 0 Å². The number of rotatable bonds is 6. The summed E-state index contributed by atoms with van der Waals surface area (Å²) in [6.07, 6.45) is 2.47. The number of hydrogen-bond acceptors (Lipinski definition) is 7. The molecule has 4 rings (SSSR count). The molecule has 12 heteroatoms. The number of nitrogens with zero attached hydrogens (tertiary/aromatic N) is 2. The first-order valence-electron chi connectivity index (χ1n) is 9.35. The van der Waals surface area contributed by atoms with Crippen LogP contribution in [-0.4, -0.2) is 66.1 Å². The molecule has 3 aliphatic rings. The van der Waals surface area contributed by atoms with Crippen molar-refractivity contribution < 1.29 is 31.7 Å². The molecule has 0 unspecified atom stereocenters. The number of piperidine rings is 1. The number of hydrogen-bond donors (Lipinski definition) is 3. The molecule has 2 bridgehead atoms. The van der Waals surface area contributed by atoms with Crippen molar-refractivity contribution >= 4 is 28.0 Å². The summed E-state index contributed by atoms with van der Waals surface area (Å²) in [6, 6.07) is 5.94. The van der Waals surface area contributed by atoms with Gasteiger partial charge in [-0.1, -0.05) is 18.2 Å². The van der Waals surface area contributed by atoms with Gasteiger partial charge >= 0.3 is 16.4 Å². The molecule has 3 heterocycles. The summed E-state index contributed by atoms with van der Waals surface area (Å²) in [5, 5.41) is 3.97. The Hall–Kier alpha value is -2.41. The normalized spacial score (nSPS) is 26.1. The highest BCUT2D eigenvalue weighted by Gasteiger charge is 2.49. The first-order valence-corrected chi connectivity index (χ1v) is 10.7. The van der Waals surface area contributed by atoms with Gasteiger partial charge in [-0.25, -0.2) is 10.3 Å². The fourth-order valence-electron chi connectivity index (χ4n) is 4.01. The van der Waals surface area contributed by atoms with E-state index in [1.165, 1.54) is 10.5 Å². The molecule has 11 nitrogen and oxygen atoms in total. The molecule has 3 amide bonds. The van der Waals surface area contributed by atoms with E-state index in [2.05, 4.69) is 21.1 Å². The number of urea groups is 1. The van der Waals surface area contributed by atoms with E-state index in [-0.39, 0.29) is 19.2 Å². The van der Waals surface area contributed by atoms with Crippen LogP contribution in [0.3, 0.4) is 0 Å². The number of benzene rings is 1. The van der Waals surface area contributed by atoms with E-state index in [0.717, 1.165) is 18.5 Å². The zero-order chi connectivity index (χ0) is 20.6. The molecule has 1 aromatic carbocycles. The topological polar surface area (TPSA) is 138 Å². The predicted molar refractivity (Wildman–Crippen MR) is 99.7 cm³/mol. The molecule has 0 aromatic heterocycles. The van der Waals surface area contributed by atoms with Crippen LogP contribution >= 0.6 is 0 Å². The van der Waals surface area contributed by atoms with Crippen molar-refractivity contribution in [1.82, 2.24) is 15.4 Å². The van der Waals surface area contributed by atoms with Gasteiger partial charge < -0.3 is 10.2 Å². The van der Waals surface area contributed by atoms with Gasteiger partial charge in [0.1, 0.15) is 6.04 Å². The van der Waals surface area contributed by atoms with Gasteiger partial charge in [0.05, 0.1) is 18.7 Å². The summed E-state index contributed by atoms with van der Waals surface area (Å²) < 4.78 is 35.0. The zero-order valence-electron chi connectivity index (χ0n) is 15.5. The first kappa shape index (κ1) is 19.9. The molecule has 3 aliphatic heterocycles. The van der Waals surface area contributed by atoms with Crippen LogP contribution in [0.4, 0.5) is 10.5 Å². The van der Waals surface area contributed by atoms with Crippen molar-refractivity contribution in [3.05, 3.63) is 29.8 Å². The number of nitrogens with one attached hydrogen (secondary N) is 2. The van der Waals surface area contributed by atoms with Gasteiger partial charge in [-0.2, -0.15) is 13.5 Å². The number of aryl methyl sites for hydroxylation is 1. The van der Waals surface area contributed by atoms with Gasteiger partial charge in [0.2, 0.25) is 0 Å². The number of amides is 3. The molecule has 2 fully saturated rings. The standard InChI is InChI=1S/C17H22N4O7S/c22-16(19-27-10-12-6-5-11-3-1-2-4-14(11)18-12)15-8-7-13-9-20(15)17(23)21(13)28-29(24,25)26/h1-4,12-13,15,18H,5-10H2,(H,19,22)(H,24,25,26)/t12-,13-,15+/m1/s1. The lowest BCUT2D eigenvalue weighted by Crippen LogP contribution is -2.50. The highest BCUT2D eigenvalue weighted by molar-refractivity contribution is 7.80. The Morgan fingerprint density at radius 2 is 2.07 bits per heavy atom. The Kier molecular flexibility index (Phi) is 5.34. The average molecular weight is 426 g/mol. The van der Waals surface area contributed by atoms with Crippen molar-refractivity contribution in [3.8, 4) is 0 Å². The van der Waals surface area contributed by atoms with Crippen LogP contribution in [0.25, 0.3) is 0 Å². The molecule has 3 N–H and O–H groups in total. The number of anilines is 1. The van der Waals surface area contributed by atoms with E-state index in [1.54, 1.807) is 0 Å². The van der Waals surface area contributed by atoms with E-state index in [9.17, 15) is 18.0 Å². The van der Waals surface area contributed by atoms with Gasteiger partial charge in [-0.05, 0) is 37.3 Å². The maximum Gasteiger partial charge on any atom is 0.418 e. The highest BCUT2D eigenvalue weighted by atomic mass is 32.3. The Balaban J connectivity index is 1.28. The second-order valence-corrected chi connectivity index (χ2v) is 8.33. The van der Waals surface area contributed by atoms with Gasteiger partial charge in [-0.15, -0.1) is 4.28 Å². The van der Waals surface area contributed by atoms with Gasteiger partial charge in [0, 0.05) is 12.2 Å². The number of carbonyl (C=O) groups is 2. The summed E-state index contributed by atoms with van der Waals surface area (Å²) in [5.74, 6) is -0.485. The van der Waals surface area contributed by atoms with Gasteiger partial charge in [-0.3, -0.25) is 14.2 Å². The Morgan fingerprint density at radius 3 is 2.86 bits per heavy atom. The van der Waals surface area contributed by atoms with E-state index in [4.69, 9.17) is 9.39 Å². The summed E-state index contributed by atoms with van der Waals surface area (Å²) in [6.45, 7) is 0.398. The van der Waals surface area contributed by atoms with E-state index in [1.807, 2.05) is 18.2 Å². The molecule has 2 saturated heterocycles. The lowest BCUT2D eigenvalue weighted by molar-refractivity contribution is -0.139. The minimum atomic E-state index is -4.82. The maximum atomic E-state index is 12.5. The minimum Gasteiger partial charge on any atom is -0.380 e. The van der Waals surface area contributed by atoms with Crippen LogP contribution in [-0.2, 0) is 30.7 Å². The number of fused-ring (bicyclic) bond motifs is 3. The third-order valence-corrected chi connectivity index (χ3v) is 5.75. The second kappa shape index (κ2) is 7.78.